The topological polar surface area (TPSA) is 0 Å². The molecule has 0 fully saturated rings. The lowest BCUT2D eigenvalue weighted by Crippen LogP contribution is -1.97. The van der Waals surface area contributed by atoms with Crippen LogP contribution in [0.3, 0.4) is 0 Å². The Labute approximate surface area is 130 Å². The van der Waals surface area contributed by atoms with E-state index in [1.807, 2.05) is 23.9 Å². The van der Waals surface area contributed by atoms with Crippen LogP contribution in [0, 0.1) is 5.82 Å². The monoisotopic (exact) mass is 312 g/mol. The number of fused-ring (bicyclic) bond motifs is 2. The van der Waals surface area contributed by atoms with E-state index in [0.29, 0.717) is 0 Å². The summed E-state index contributed by atoms with van der Waals surface area (Å²) < 4.78 is 13.2. The number of benzene rings is 3. The van der Waals surface area contributed by atoms with Crippen LogP contribution in [-0.2, 0) is 0 Å². The molecule has 0 aromatic heterocycles. The number of rotatable bonds is 1. The SMILES string of the molecule is Fc1ccc([SH]2c3ccccc3Sc3ccccc32)cc1. The maximum Gasteiger partial charge on any atom is 0.123 e. The van der Waals surface area contributed by atoms with Gasteiger partial charge in [0.15, 0.2) is 0 Å². The van der Waals surface area contributed by atoms with Crippen molar-refractivity contribution in [1.82, 2.24) is 0 Å². The molecule has 0 saturated heterocycles. The average molecular weight is 312 g/mol. The normalized spacial score (nSPS) is 14.4. The molecule has 0 bridgehead atoms. The zero-order chi connectivity index (χ0) is 14.2. The van der Waals surface area contributed by atoms with Crippen LogP contribution >= 0.6 is 22.7 Å². The maximum absolute atomic E-state index is 13.2. The molecule has 0 radical (unpaired) electrons. The fraction of sp³-hybridized carbons (Fsp3) is 0. The van der Waals surface area contributed by atoms with Crippen molar-refractivity contribution in [2.45, 2.75) is 24.5 Å². The molecule has 21 heavy (non-hydrogen) atoms. The minimum atomic E-state index is -0.598. The van der Waals surface area contributed by atoms with E-state index in [0.717, 1.165) is 0 Å². The minimum absolute atomic E-state index is 0.179. The molecule has 0 N–H and O–H groups in total. The van der Waals surface area contributed by atoms with E-state index in [9.17, 15) is 4.39 Å². The summed E-state index contributed by atoms with van der Waals surface area (Å²) in [6, 6.07) is 24.1. The predicted octanol–water partition coefficient (Wildman–Crippen LogP) is 5.77. The summed E-state index contributed by atoms with van der Waals surface area (Å²) in [6.45, 7) is 0. The van der Waals surface area contributed by atoms with Crippen LogP contribution in [-0.4, -0.2) is 0 Å². The van der Waals surface area contributed by atoms with E-state index >= 15 is 0 Å². The third-order valence-electron chi connectivity index (χ3n) is 3.52. The second-order valence-corrected chi connectivity index (χ2v) is 8.08. The smallest absolute Gasteiger partial charge is 0.123 e. The van der Waals surface area contributed by atoms with E-state index in [-0.39, 0.29) is 5.82 Å². The first-order valence-electron chi connectivity index (χ1n) is 6.74. The van der Waals surface area contributed by atoms with E-state index in [1.54, 1.807) is 12.1 Å². The summed E-state index contributed by atoms with van der Waals surface area (Å²) in [5.41, 5.74) is 0. The highest BCUT2D eigenvalue weighted by atomic mass is 32.2. The lowest BCUT2D eigenvalue weighted by Gasteiger charge is -2.31. The molecule has 3 heteroatoms. The summed E-state index contributed by atoms with van der Waals surface area (Å²) >= 11 is 1.83. The standard InChI is InChI=1S/C18H13FS2/c19-13-9-11-14(12-10-13)21-17-7-3-1-5-15(17)20-16-6-2-4-8-18(16)21/h1-12,21H. The number of halogens is 1. The fourth-order valence-electron chi connectivity index (χ4n) is 2.57. The molecular formula is C18H13FS2. The molecule has 1 aliphatic rings. The van der Waals surface area contributed by atoms with Gasteiger partial charge >= 0.3 is 0 Å². The summed E-state index contributed by atoms with van der Waals surface area (Å²) in [4.78, 5) is 6.55. The van der Waals surface area contributed by atoms with Gasteiger partial charge in [0, 0.05) is 19.6 Å². The first-order valence-corrected chi connectivity index (χ1v) is 8.90. The molecule has 3 aromatic rings. The molecule has 0 saturated carbocycles. The molecular weight excluding hydrogens is 299 g/mol. The second-order valence-electron chi connectivity index (χ2n) is 4.85. The quantitative estimate of drug-likeness (QED) is 0.435. The van der Waals surface area contributed by atoms with Crippen LogP contribution in [0.1, 0.15) is 0 Å². The lowest BCUT2D eigenvalue weighted by molar-refractivity contribution is 0.626. The summed E-state index contributed by atoms with van der Waals surface area (Å²) in [7, 11) is -0.598. The Bertz CT molecular complexity index is 751. The van der Waals surface area contributed by atoms with Crippen molar-refractivity contribution >= 4 is 22.7 Å². The van der Waals surface area contributed by atoms with Gasteiger partial charge in [0.25, 0.3) is 0 Å². The zero-order valence-corrected chi connectivity index (χ0v) is 12.9. The van der Waals surface area contributed by atoms with Gasteiger partial charge in [-0.3, -0.25) is 0 Å². The molecule has 1 heterocycles. The van der Waals surface area contributed by atoms with Crippen LogP contribution in [0.4, 0.5) is 4.39 Å². The third-order valence-corrected chi connectivity index (χ3v) is 7.53. The van der Waals surface area contributed by atoms with Crippen molar-refractivity contribution in [2.24, 2.45) is 0 Å². The Morgan fingerprint density at radius 2 is 1.19 bits per heavy atom. The van der Waals surface area contributed by atoms with Crippen LogP contribution in [0.25, 0.3) is 0 Å². The molecule has 1 aliphatic heterocycles. The summed E-state index contributed by atoms with van der Waals surface area (Å²) in [5.74, 6) is -0.179. The number of hydrogen-bond donors (Lipinski definition) is 1. The van der Waals surface area contributed by atoms with Crippen molar-refractivity contribution in [3.05, 3.63) is 78.6 Å². The number of thiol groups is 1. The second kappa shape index (κ2) is 5.24. The van der Waals surface area contributed by atoms with E-state index in [1.165, 1.54) is 24.5 Å². The highest BCUT2D eigenvalue weighted by molar-refractivity contribution is 8.18. The highest BCUT2D eigenvalue weighted by Crippen LogP contribution is 2.61. The Balaban J connectivity index is 1.95. The van der Waals surface area contributed by atoms with Gasteiger partial charge in [0.2, 0.25) is 0 Å². The molecule has 104 valence electrons. The number of hydrogen-bond acceptors (Lipinski definition) is 1. The van der Waals surface area contributed by atoms with Crippen molar-refractivity contribution in [3.63, 3.8) is 0 Å². The molecule has 0 atom stereocenters. The van der Waals surface area contributed by atoms with E-state index in [2.05, 4.69) is 48.5 Å². The van der Waals surface area contributed by atoms with Crippen molar-refractivity contribution < 1.29 is 4.39 Å². The highest BCUT2D eigenvalue weighted by Gasteiger charge is 2.24. The Hall–Kier alpha value is -1.71. The molecule has 3 aromatic carbocycles. The summed E-state index contributed by atoms with van der Waals surface area (Å²) in [6.07, 6.45) is 0. The van der Waals surface area contributed by atoms with Gasteiger partial charge < -0.3 is 0 Å². The lowest BCUT2D eigenvalue weighted by atomic mass is 10.3. The Morgan fingerprint density at radius 3 is 1.76 bits per heavy atom. The van der Waals surface area contributed by atoms with Crippen molar-refractivity contribution in [3.8, 4) is 0 Å². The fourth-order valence-corrected chi connectivity index (χ4v) is 6.59. The minimum Gasteiger partial charge on any atom is -0.207 e. The molecule has 4 rings (SSSR count). The van der Waals surface area contributed by atoms with Gasteiger partial charge in [-0.25, -0.2) is 4.39 Å². The Morgan fingerprint density at radius 1 is 0.667 bits per heavy atom. The largest absolute Gasteiger partial charge is 0.207 e. The van der Waals surface area contributed by atoms with Gasteiger partial charge in [-0.15, -0.1) is 0 Å². The molecule has 0 unspecified atom stereocenters. The third kappa shape index (κ3) is 2.27. The van der Waals surface area contributed by atoms with Crippen LogP contribution in [0.5, 0.6) is 0 Å². The predicted molar refractivity (Wildman–Crippen MR) is 87.2 cm³/mol. The first kappa shape index (κ1) is 13.0. The van der Waals surface area contributed by atoms with Gasteiger partial charge in [-0.1, -0.05) is 36.0 Å². The molecule has 0 aliphatic carbocycles. The van der Waals surface area contributed by atoms with Crippen LogP contribution in [0.2, 0.25) is 0 Å². The van der Waals surface area contributed by atoms with E-state index in [4.69, 9.17) is 0 Å². The van der Waals surface area contributed by atoms with Crippen molar-refractivity contribution in [1.29, 1.82) is 0 Å². The van der Waals surface area contributed by atoms with Gasteiger partial charge in [0.1, 0.15) is 5.82 Å². The van der Waals surface area contributed by atoms with Crippen molar-refractivity contribution in [2.75, 3.05) is 0 Å². The summed E-state index contributed by atoms with van der Waals surface area (Å²) in [5, 5.41) is 0. The van der Waals surface area contributed by atoms with Gasteiger partial charge in [-0.2, -0.15) is 10.9 Å². The molecule has 0 spiro atoms. The maximum atomic E-state index is 13.2. The molecule has 0 nitrogen and oxygen atoms in total. The average Bonchev–Trinajstić information content (AvgIpc) is 2.53. The zero-order valence-electron chi connectivity index (χ0n) is 11.2. The van der Waals surface area contributed by atoms with Gasteiger partial charge in [0.05, 0.1) is 0 Å². The van der Waals surface area contributed by atoms with Gasteiger partial charge in [-0.05, 0) is 53.4 Å². The Kier molecular flexibility index (Phi) is 3.24. The van der Waals surface area contributed by atoms with E-state index < -0.39 is 10.9 Å². The van der Waals surface area contributed by atoms with Crippen LogP contribution in [0.15, 0.2) is 97.3 Å². The van der Waals surface area contributed by atoms with Crippen LogP contribution < -0.4 is 0 Å². The first-order chi connectivity index (χ1) is 10.3. The molecule has 0 amide bonds.